The average molecular weight is 213 g/mol. The summed E-state index contributed by atoms with van der Waals surface area (Å²) >= 11 is 0. The van der Waals surface area contributed by atoms with Crippen molar-refractivity contribution in [3.63, 3.8) is 0 Å². The minimum Gasteiger partial charge on any atom is -0.304 e. The lowest BCUT2D eigenvalue weighted by molar-refractivity contribution is 0.266. The maximum absolute atomic E-state index is 2.59. The molecular formula is C14H31N. The number of rotatable bonds is 8. The summed E-state index contributed by atoms with van der Waals surface area (Å²) in [7, 11) is 0. The zero-order valence-corrected chi connectivity index (χ0v) is 11.6. The van der Waals surface area contributed by atoms with Crippen LogP contribution < -0.4 is 0 Å². The molecule has 0 saturated carbocycles. The molecule has 0 aromatic carbocycles. The van der Waals surface area contributed by atoms with Crippen molar-refractivity contribution in [2.24, 2.45) is 5.41 Å². The van der Waals surface area contributed by atoms with Gasteiger partial charge >= 0.3 is 0 Å². The van der Waals surface area contributed by atoms with E-state index in [1.807, 2.05) is 0 Å². The van der Waals surface area contributed by atoms with E-state index >= 15 is 0 Å². The first-order valence-corrected chi connectivity index (χ1v) is 6.72. The third-order valence-electron chi connectivity index (χ3n) is 2.93. The summed E-state index contributed by atoms with van der Waals surface area (Å²) in [5, 5.41) is 0. The molecule has 0 aliphatic heterocycles. The molecule has 92 valence electrons. The molecule has 0 atom stereocenters. The summed E-state index contributed by atoms with van der Waals surface area (Å²) in [5.74, 6) is 0. The van der Waals surface area contributed by atoms with Crippen molar-refractivity contribution in [2.45, 2.75) is 66.7 Å². The summed E-state index contributed by atoms with van der Waals surface area (Å²) in [6.45, 7) is 15.4. The fourth-order valence-electron chi connectivity index (χ4n) is 1.80. The zero-order chi connectivity index (χ0) is 11.7. The first-order chi connectivity index (χ1) is 6.99. The Balaban J connectivity index is 3.46. The van der Waals surface area contributed by atoms with Gasteiger partial charge in [0.1, 0.15) is 0 Å². The van der Waals surface area contributed by atoms with Crippen LogP contribution in [-0.2, 0) is 0 Å². The van der Waals surface area contributed by atoms with E-state index in [1.54, 1.807) is 0 Å². The van der Waals surface area contributed by atoms with Gasteiger partial charge in [-0.2, -0.15) is 0 Å². The maximum atomic E-state index is 2.59. The highest BCUT2D eigenvalue weighted by Crippen LogP contribution is 2.21. The van der Waals surface area contributed by atoms with Gasteiger partial charge < -0.3 is 4.90 Å². The topological polar surface area (TPSA) is 3.24 Å². The van der Waals surface area contributed by atoms with Crippen molar-refractivity contribution in [1.82, 2.24) is 4.90 Å². The summed E-state index contributed by atoms with van der Waals surface area (Å²) in [4.78, 5) is 2.59. The third kappa shape index (κ3) is 10.2. The van der Waals surface area contributed by atoms with Gasteiger partial charge in [0.05, 0.1) is 0 Å². The Hall–Kier alpha value is -0.0400. The van der Waals surface area contributed by atoms with Crippen molar-refractivity contribution in [2.75, 3.05) is 19.6 Å². The Bertz CT molecular complexity index is 135. The van der Waals surface area contributed by atoms with Gasteiger partial charge in [0.15, 0.2) is 0 Å². The second-order valence-electron chi connectivity index (χ2n) is 5.81. The average Bonchev–Trinajstić information content (AvgIpc) is 2.15. The predicted molar refractivity (Wildman–Crippen MR) is 70.3 cm³/mol. The smallest absolute Gasteiger partial charge is 0.00189 e. The van der Waals surface area contributed by atoms with E-state index < -0.39 is 0 Å². The first-order valence-electron chi connectivity index (χ1n) is 6.72. The van der Waals surface area contributed by atoms with Gasteiger partial charge in [-0.25, -0.2) is 0 Å². The number of unbranched alkanes of at least 4 members (excludes halogenated alkanes) is 2. The zero-order valence-electron chi connectivity index (χ0n) is 11.6. The lowest BCUT2D eigenvalue weighted by Crippen LogP contribution is -2.25. The molecule has 0 aromatic heterocycles. The Labute approximate surface area is 97.2 Å². The Morgan fingerprint density at radius 1 is 0.867 bits per heavy atom. The van der Waals surface area contributed by atoms with Crippen LogP contribution in [0.25, 0.3) is 0 Å². The van der Waals surface area contributed by atoms with Crippen molar-refractivity contribution in [3.8, 4) is 0 Å². The molecule has 0 aliphatic rings. The van der Waals surface area contributed by atoms with Crippen LogP contribution in [0.5, 0.6) is 0 Å². The van der Waals surface area contributed by atoms with E-state index in [1.165, 1.54) is 51.7 Å². The van der Waals surface area contributed by atoms with Gasteiger partial charge in [0.25, 0.3) is 0 Å². The molecule has 0 radical (unpaired) electrons. The van der Waals surface area contributed by atoms with Crippen LogP contribution in [0.15, 0.2) is 0 Å². The van der Waals surface area contributed by atoms with Crippen LogP contribution in [0, 0.1) is 5.41 Å². The fourth-order valence-corrected chi connectivity index (χ4v) is 1.80. The van der Waals surface area contributed by atoms with Gasteiger partial charge in [0, 0.05) is 0 Å². The van der Waals surface area contributed by atoms with E-state index in [2.05, 4.69) is 39.5 Å². The highest BCUT2D eigenvalue weighted by Gasteiger charge is 2.09. The molecule has 0 aliphatic carbocycles. The largest absolute Gasteiger partial charge is 0.304 e. The monoisotopic (exact) mass is 213 g/mol. The number of hydrogen-bond acceptors (Lipinski definition) is 1. The van der Waals surface area contributed by atoms with Crippen LogP contribution in [0.3, 0.4) is 0 Å². The molecule has 1 nitrogen and oxygen atoms in total. The minimum absolute atomic E-state index is 0.514. The molecule has 0 aromatic rings. The molecular weight excluding hydrogens is 182 g/mol. The van der Waals surface area contributed by atoms with Crippen LogP contribution in [0.4, 0.5) is 0 Å². The Kier molecular flexibility index (Phi) is 8.13. The molecule has 0 fully saturated rings. The quantitative estimate of drug-likeness (QED) is 0.543. The molecule has 0 heterocycles. The molecule has 1 heteroatoms. The first kappa shape index (κ1) is 15.0. The van der Waals surface area contributed by atoms with Gasteiger partial charge in [0.2, 0.25) is 0 Å². The number of nitrogens with zero attached hydrogens (tertiary/aromatic N) is 1. The van der Waals surface area contributed by atoms with E-state index in [0.717, 1.165) is 0 Å². The van der Waals surface area contributed by atoms with Gasteiger partial charge in [-0.3, -0.25) is 0 Å². The summed E-state index contributed by atoms with van der Waals surface area (Å²) in [5.41, 5.74) is 0.514. The fraction of sp³-hybridized carbons (Fsp3) is 1.00. The summed E-state index contributed by atoms with van der Waals surface area (Å²) in [6.07, 6.45) is 6.78. The van der Waals surface area contributed by atoms with Crippen molar-refractivity contribution < 1.29 is 0 Å². The maximum Gasteiger partial charge on any atom is -0.00189 e. The second kappa shape index (κ2) is 8.15. The molecule has 0 N–H and O–H groups in total. The lowest BCUT2D eigenvalue weighted by Gasteiger charge is -2.22. The second-order valence-corrected chi connectivity index (χ2v) is 5.81. The molecule has 0 amide bonds. The standard InChI is InChI=1S/C14H31N/c1-6-8-12-15(7-2)13-10-9-11-14(3,4)5/h6-13H2,1-5H3. The van der Waals surface area contributed by atoms with Crippen LogP contribution in [-0.4, -0.2) is 24.5 Å². The van der Waals surface area contributed by atoms with E-state index in [0.29, 0.717) is 5.41 Å². The molecule has 0 rings (SSSR count). The SMILES string of the molecule is CCCCN(CC)CCCCC(C)(C)C. The Morgan fingerprint density at radius 3 is 1.93 bits per heavy atom. The minimum atomic E-state index is 0.514. The number of hydrogen-bond donors (Lipinski definition) is 0. The molecule has 0 unspecified atom stereocenters. The van der Waals surface area contributed by atoms with E-state index in [-0.39, 0.29) is 0 Å². The highest BCUT2D eigenvalue weighted by atomic mass is 15.1. The van der Waals surface area contributed by atoms with Gasteiger partial charge in [-0.15, -0.1) is 0 Å². The van der Waals surface area contributed by atoms with Crippen LogP contribution in [0.1, 0.15) is 66.7 Å². The molecule has 0 saturated heterocycles. The van der Waals surface area contributed by atoms with Crippen LogP contribution in [0.2, 0.25) is 0 Å². The van der Waals surface area contributed by atoms with Crippen LogP contribution >= 0.6 is 0 Å². The Morgan fingerprint density at radius 2 is 1.47 bits per heavy atom. The van der Waals surface area contributed by atoms with E-state index in [9.17, 15) is 0 Å². The highest BCUT2D eigenvalue weighted by molar-refractivity contribution is 4.62. The lowest BCUT2D eigenvalue weighted by atomic mass is 9.90. The van der Waals surface area contributed by atoms with Crippen molar-refractivity contribution in [1.29, 1.82) is 0 Å². The third-order valence-corrected chi connectivity index (χ3v) is 2.93. The normalized spacial score (nSPS) is 12.4. The van der Waals surface area contributed by atoms with Gasteiger partial charge in [-0.1, -0.05) is 47.5 Å². The summed E-state index contributed by atoms with van der Waals surface area (Å²) in [6, 6.07) is 0. The van der Waals surface area contributed by atoms with Gasteiger partial charge in [-0.05, 0) is 44.3 Å². The molecule has 0 spiro atoms. The predicted octanol–water partition coefficient (Wildman–Crippen LogP) is 4.32. The molecule has 0 bridgehead atoms. The van der Waals surface area contributed by atoms with Crippen molar-refractivity contribution >= 4 is 0 Å². The van der Waals surface area contributed by atoms with E-state index in [4.69, 9.17) is 0 Å². The van der Waals surface area contributed by atoms with Crippen molar-refractivity contribution in [3.05, 3.63) is 0 Å². The summed E-state index contributed by atoms with van der Waals surface area (Å²) < 4.78 is 0. The molecule has 15 heavy (non-hydrogen) atoms.